The molecular weight excluding hydrogens is 236 g/mol. The number of nitrogens with one attached hydrogen (secondary N) is 1. The van der Waals surface area contributed by atoms with E-state index in [1.807, 2.05) is 25.2 Å². The Bertz CT molecular complexity index is 466. The maximum Gasteiger partial charge on any atom is 0.122 e. The van der Waals surface area contributed by atoms with Crippen LogP contribution in [0.3, 0.4) is 0 Å². The van der Waals surface area contributed by atoms with Crippen LogP contribution in [0.25, 0.3) is 0 Å². The lowest BCUT2D eigenvalue weighted by molar-refractivity contribution is 0.238. The van der Waals surface area contributed by atoms with Crippen molar-refractivity contribution in [2.24, 2.45) is 5.92 Å². The van der Waals surface area contributed by atoms with Crippen LogP contribution in [0.4, 0.5) is 0 Å². The topological polar surface area (TPSA) is 45.0 Å². The van der Waals surface area contributed by atoms with Crippen LogP contribution in [0.1, 0.15) is 31.2 Å². The second-order valence-electron chi connectivity index (χ2n) is 5.32. The third kappa shape index (κ3) is 2.90. The molecule has 1 aliphatic carbocycles. The van der Waals surface area contributed by atoms with Crippen LogP contribution in [0.2, 0.25) is 0 Å². The number of para-hydroxylation sites is 1. The zero-order valence-electron chi connectivity index (χ0n) is 11.8. The molecule has 0 radical (unpaired) electrons. The molecule has 1 aromatic carbocycles. The first-order valence-corrected chi connectivity index (χ1v) is 7.00. The molecule has 1 aliphatic rings. The van der Waals surface area contributed by atoms with E-state index in [4.69, 9.17) is 4.74 Å². The molecule has 19 heavy (non-hydrogen) atoms. The van der Waals surface area contributed by atoms with Gasteiger partial charge >= 0.3 is 0 Å². The molecule has 0 saturated heterocycles. The first-order valence-electron chi connectivity index (χ1n) is 7.00. The Balaban J connectivity index is 1.90. The molecule has 1 aromatic rings. The third-order valence-corrected chi connectivity index (χ3v) is 4.28. The van der Waals surface area contributed by atoms with Crippen molar-refractivity contribution in [2.75, 3.05) is 13.7 Å². The average Bonchev–Trinajstić information content (AvgIpc) is 2.84. The molecule has 2 unspecified atom stereocenters. The third-order valence-electron chi connectivity index (χ3n) is 4.28. The monoisotopic (exact) mass is 258 g/mol. The molecule has 3 heteroatoms. The van der Waals surface area contributed by atoms with E-state index < -0.39 is 0 Å². The summed E-state index contributed by atoms with van der Waals surface area (Å²) < 4.78 is 5.84. The molecular formula is C16H22N2O. The van der Waals surface area contributed by atoms with Gasteiger partial charge in [-0.05, 0) is 50.8 Å². The summed E-state index contributed by atoms with van der Waals surface area (Å²) in [6, 6.07) is 10.5. The van der Waals surface area contributed by atoms with Crippen molar-refractivity contribution in [1.29, 1.82) is 5.26 Å². The molecule has 2 rings (SSSR count). The van der Waals surface area contributed by atoms with Crippen molar-refractivity contribution in [2.45, 2.75) is 38.1 Å². The fourth-order valence-corrected chi connectivity index (χ4v) is 3.03. The van der Waals surface area contributed by atoms with Gasteiger partial charge in [-0.25, -0.2) is 0 Å². The average molecular weight is 258 g/mol. The van der Waals surface area contributed by atoms with Crippen LogP contribution in [-0.4, -0.2) is 19.2 Å². The second-order valence-corrected chi connectivity index (χ2v) is 5.32. The number of hydrogen-bond donors (Lipinski definition) is 1. The molecule has 0 aliphatic heterocycles. The largest absolute Gasteiger partial charge is 0.493 e. The highest BCUT2D eigenvalue weighted by Crippen LogP contribution is 2.37. The van der Waals surface area contributed by atoms with Gasteiger partial charge in [0.25, 0.3) is 0 Å². The molecule has 0 amide bonds. The molecule has 0 bridgehead atoms. The van der Waals surface area contributed by atoms with Crippen molar-refractivity contribution in [1.82, 2.24) is 5.32 Å². The molecule has 1 fully saturated rings. The summed E-state index contributed by atoms with van der Waals surface area (Å²) >= 11 is 0. The van der Waals surface area contributed by atoms with E-state index in [2.05, 4.69) is 24.4 Å². The van der Waals surface area contributed by atoms with Gasteiger partial charge in [0.2, 0.25) is 0 Å². The van der Waals surface area contributed by atoms with Crippen LogP contribution in [0.5, 0.6) is 5.75 Å². The summed E-state index contributed by atoms with van der Waals surface area (Å²) in [5.74, 6) is 1.35. The van der Waals surface area contributed by atoms with E-state index in [9.17, 15) is 5.26 Å². The number of rotatable bonds is 5. The van der Waals surface area contributed by atoms with Crippen LogP contribution in [0, 0.1) is 24.2 Å². The highest BCUT2D eigenvalue weighted by atomic mass is 16.5. The van der Waals surface area contributed by atoms with E-state index in [1.165, 1.54) is 0 Å². The normalized spacial score (nSPS) is 26.1. The molecule has 0 heterocycles. The minimum absolute atomic E-state index is 0.338. The van der Waals surface area contributed by atoms with Crippen LogP contribution >= 0.6 is 0 Å². The fraction of sp³-hybridized carbons (Fsp3) is 0.562. The zero-order chi connectivity index (χ0) is 13.7. The first-order chi connectivity index (χ1) is 9.22. The Morgan fingerprint density at radius 1 is 1.47 bits per heavy atom. The van der Waals surface area contributed by atoms with Crippen molar-refractivity contribution < 1.29 is 4.74 Å². The Labute approximate surface area is 115 Å². The zero-order valence-corrected chi connectivity index (χ0v) is 11.8. The quantitative estimate of drug-likeness (QED) is 0.883. The number of ether oxygens (including phenoxy) is 1. The van der Waals surface area contributed by atoms with Gasteiger partial charge in [0.15, 0.2) is 0 Å². The van der Waals surface area contributed by atoms with Gasteiger partial charge in [-0.1, -0.05) is 24.6 Å². The summed E-state index contributed by atoms with van der Waals surface area (Å²) in [7, 11) is 1.89. The lowest BCUT2D eigenvalue weighted by Crippen LogP contribution is -2.45. The van der Waals surface area contributed by atoms with Crippen molar-refractivity contribution in [3.05, 3.63) is 29.8 Å². The summed E-state index contributed by atoms with van der Waals surface area (Å²) in [6.07, 6.45) is 4.13. The maximum atomic E-state index is 9.39. The van der Waals surface area contributed by atoms with Crippen LogP contribution in [0.15, 0.2) is 24.3 Å². The van der Waals surface area contributed by atoms with E-state index in [-0.39, 0.29) is 5.54 Å². The van der Waals surface area contributed by atoms with Crippen LogP contribution in [-0.2, 0) is 0 Å². The molecule has 102 valence electrons. The Hall–Kier alpha value is -1.53. The minimum atomic E-state index is -0.338. The van der Waals surface area contributed by atoms with E-state index >= 15 is 0 Å². The second kappa shape index (κ2) is 6.08. The Kier molecular flexibility index (Phi) is 4.44. The van der Waals surface area contributed by atoms with Crippen molar-refractivity contribution >= 4 is 0 Å². The first kappa shape index (κ1) is 13.9. The number of benzene rings is 1. The van der Waals surface area contributed by atoms with Gasteiger partial charge in [0.05, 0.1) is 12.7 Å². The van der Waals surface area contributed by atoms with Gasteiger partial charge < -0.3 is 10.1 Å². The van der Waals surface area contributed by atoms with E-state index in [1.54, 1.807) is 0 Å². The Morgan fingerprint density at radius 2 is 2.26 bits per heavy atom. The fourth-order valence-electron chi connectivity index (χ4n) is 3.03. The molecule has 1 N–H and O–H groups in total. The van der Waals surface area contributed by atoms with Gasteiger partial charge in [-0.15, -0.1) is 0 Å². The predicted octanol–water partition coefficient (Wildman–Crippen LogP) is 3.05. The summed E-state index contributed by atoms with van der Waals surface area (Å²) in [4.78, 5) is 0. The molecule has 0 aromatic heterocycles. The molecule has 3 nitrogen and oxygen atoms in total. The summed E-state index contributed by atoms with van der Waals surface area (Å²) in [5, 5.41) is 12.6. The lowest BCUT2D eigenvalue weighted by atomic mass is 9.86. The number of nitrogens with zero attached hydrogens (tertiary/aromatic N) is 1. The molecule has 0 spiro atoms. The number of hydrogen-bond acceptors (Lipinski definition) is 3. The summed E-state index contributed by atoms with van der Waals surface area (Å²) in [5.41, 5.74) is 0.823. The highest BCUT2D eigenvalue weighted by Gasteiger charge is 2.41. The van der Waals surface area contributed by atoms with Gasteiger partial charge in [-0.3, -0.25) is 0 Å². The number of nitriles is 1. The minimum Gasteiger partial charge on any atom is -0.493 e. The van der Waals surface area contributed by atoms with Crippen LogP contribution < -0.4 is 10.1 Å². The standard InChI is InChI=1S/C16H22N2O/c1-13-6-3-4-8-15(13)19-11-9-14-7-5-10-16(14,12-17)18-2/h3-4,6,8,14,18H,5,7,9-11H2,1-2H3. The summed E-state index contributed by atoms with van der Waals surface area (Å²) in [6.45, 7) is 2.73. The highest BCUT2D eigenvalue weighted by molar-refractivity contribution is 5.31. The molecule has 2 atom stereocenters. The SMILES string of the molecule is CNC1(C#N)CCCC1CCOc1ccccc1C. The van der Waals surface area contributed by atoms with E-state index in [0.717, 1.165) is 37.0 Å². The lowest BCUT2D eigenvalue weighted by Gasteiger charge is -2.28. The Morgan fingerprint density at radius 3 is 2.95 bits per heavy atom. The van der Waals surface area contributed by atoms with E-state index in [0.29, 0.717) is 12.5 Å². The van der Waals surface area contributed by atoms with Crippen molar-refractivity contribution in [3.63, 3.8) is 0 Å². The van der Waals surface area contributed by atoms with Gasteiger partial charge in [0, 0.05) is 0 Å². The smallest absolute Gasteiger partial charge is 0.122 e. The van der Waals surface area contributed by atoms with Crippen molar-refractivity contribution in [3.8, 4) is 11.8 Å². The van der Waals surface area contributed by atoms with Gasteiger partial charge in [0.1, 0.15) is 11.3 Å². The maximum absolute atomic E-state index is 9.39. The van der Waals surface area contributed by atoms with Gasteiger partial charge in [-0.2, -0.15) is 5.26 Å². The molecule has 1 saturated carbocycles. The predicted molar refractivity (Wildman–Crippen MR) is 76.0 cm³/mol. The number of aryl methyl sites for hydroxylation is 1.